The molecule has 1 heterocycles. The lowest BCUT2D eigenvalue weighted by Gasteiger charge is -2.20. The van der Waals surface area contributed by atoms with Crippen LogP contribution in [0.25, 0.3) is 76.9 Å². The first kappa shape index (κ1) is 28.0. The summed E-state index contributed by atoms with van der Waals surface area (Å²) in [6.45, 7) is 0. The van der Waals surface area contributed by atoms with Crippen molar-refractivity contribution in [1.29, 1.82) is 0 Å². The van der Waals surface area contributed by atoms with E-state index >= 15 is 0 Å². The van der Waals surface area contributed by atoms with Gasteiger partial charge in [0.1, 0.15) is 13.6 Å². The number of hydrogen-bond acceptors (Lipinski definition) is 8. The molecule has 0 radical (unpaired) electrons. The van der Waals surface area contributed by atoms with E-state index in [-0.39, 0.29) is 33.2 Å². The number of rotatable bonds is 3. The summed E-state index contributed by atoms with van der Waals surface area (Å²) in [4.78, 5) is 0. The monoisotopic (exact) mass is 620 g/mol. The third-order valence-electron chi connectivity index (χ3n) is 9.01. The van der Waals surface area contributed by atoms with Gasteiger partial charge in [-0.05, 0) is 72.5 Å². The molecule has 228 valence electrons. The summed E-state index contributed by atoms with van der Waals surface area (Å²) in [5.41, 5.74) is 4.60. The molecule has 0 aliphatic rings. The second-order valence-electron chi connectivity index (χ2n) is 11.6. The molecule has 0 fully saturated rings. The number of fused-ring (bicyclic) bond motifs is 5. The highest BCUT2D eigenvalue weighted by Crippen LogP contribution is 2.56. The van der Waals surface area contributed by atoms with Gasteiger partial charge in [-0.3, -0.25) is 0 Å². The van der Waals surface area contributed by atoms with Gasteiger partial charge in [-0.15, -0.1) is 0 Å². The first-order valence-electron chi connectivity index (χ1n) is 14.8. The van der Waals surface area contributed by atoms with Crippen molar-refractivity contribution >= 4 is 56.8 Å². The van der Waals surface area contributed by atoms with Crippen molar-refractivity contribution in [3.63, 3.8) is 0 Å². The van der Waals surface area contributed by atoms with Crippen molar-refractivity contribution in [3.05, 3.63) is 97.1 Å². The molecule has 8 aromatic rings. The van der Waals surface area contributed by atoms with E-state index in [1.54, 1.807) is 20.0 Å². The zero-order valence-electron chi connectivity index (χ0n) is 24.8. The van der Waals surface area contributed by atoms with Crippen molar-refractivity contribution < 1.29 is 40.2 Å². The Kier molecular flexibility index (Phi) is 5.97. The van der Waals surface area contributed by atoms with E-state index in [1.807, 2.05) is 84.9 Å². The number of hydrogen-bond donors (Lipinski definition) is 7. The summed E-state index contributed by atoms with van der Waals surface area (Å²) >= 11 is 0. The van der Waals surface area contributed by atoms with Gasteiger partial charge in [0.15, 0.2) is 22.7 Å². The molecule has 0 saturated heterocycles. The Labute approximate surface area is 267 Å². The predicted molar refractivity (Wildman–Crippen MR) is 185 cm³/mol. The zero-order valence-corrected chi connectivity index (χ0v) is 24.8. The molecule has 0 atom stereocenters. The van der Waals surface area contributed by atoms with E-state index in [2.05, 4.69) is 0 Å². The Morgan fingerprint density at radius 1 is 0.383 bits per heavy atom. The van der Waals surface area contributed by atoms with Gasteiger partial charge < -0.3 is 40.2 Å². The zero-order chi connectivity index (χ0) is 32.7. The molecular weight excluding hydrogens is 595 g/mol. The normalized spacial score (nSPS) is 11.7. The van der Waals surface area contributed by atoms with Crippen LogP contribution in [-0.4, -0.2) is 43.6 Å². The summed E-state index contributed by atoms with van der Waals surface area (Å²) in [7, 11) is 1.62. The van der Waals surface area contributed by atoms with Crippen LogP contribution in [0, 0.1) is 0 Å². The second kappa shape index (κ2) is 10.0. The molecule has 47 heavy (non-hydrogen) atoms. The fourth-order valence-electron chi connectivity index (χ4n) is 6.77. The van der Waals surface area contributed by atoms with E-state index in [9.17, 15) is 35.7 Å². The molecule has 0 amide bonds. The molecule has 0 aliphatic carbocycles. The topological polar surface area (TPSA) is 155 Å². The molecular formula is C38H25BO8. The number of benzene rings is 7. The van der Waals surface area contributed by atoms with Crippen LogP contribution in [0.5, 0.6) is 40.2 Å². The van der Waals surface area contributed by atoms with Crippen molar-refractivity contribution in [1.82, 2.24) is 0 Å². The number of phenolic OH excluding ortho intramolecular Hbond substituents is 7. The van der Waals surface area contributed by atoms with Gasteiger partial charge >= 0.3 is 0 Å². The molecule has 0 unspecified atom stereocenters. The van der Waals surface area contributed by atoms with Gasteiger partial charge in [0.05, 0.1) is 5.39 Å². The smallest absolute Gasteiger partial charge is 0.208 e. The fraction of sp³-hybridized carbons (Fsp3) is 0. The van der Waals surface area contributed by atoms with E-state index in [1.165, 1.54) is 0 Å². The van der Waals surface area contributed by atoms with Gasteiger partial charge in [0.2, 0.25) is 23.0 Å². The lowest BCUT2D eigenvalue weighted by atomic mass is 9.78. The largest absolute Gasteiger partial charge is 0.508 e. The Morgan fingerprint density at radius 3 is 1.36 bits per heavy atom. The first-order chi connectivity index (χ1) is 22.7. The van der Waals surface area contributed by atoms with Crippen LogP contribution >= 0.6 is 0 Å². The van der Waals surface area contributed by atoms with Gasteiger partial charge in [0.25, 0.3) is 0 Å². The lowest BCUT2D eigenvalue weighted by molar-refractivity contribution is 0.348. The fourth-order valence-corrected chi connectivity index (χ4v) is 6.77. The van der Waals surface area contributed by atoms with E-state index in [0.29, 0.717) is 11.1 Å². The maximum Gasteiger partial charge on any atom is 0.208 e. The molecule has 8 nitrogen and oxygen atoms in total. The van der Waals surface area contributed by atoms with Crippen LogP contribution in [-0.2, 0) is 0 Å². The quantitative estimate of drug-likeness (QED) is 0.0478. The van der Waals surface area contributed by atoms with E-state index in [0.717, 1.165) is 43.8 Å². The maximum absolute atomic E-state index is 11.2. The van der Waals surface area contributed by atoms with Gasteiger partial charge in [-0.2, -0.15) is 0 Å². The van der Waals surface area contributed by atoms with Crippen molar-refractivity contribution in [2.45, 2.75) is 0 Å². The summed E-state index contributed by atoms with van der Waals surface area (Å²) < 4.78 is 5.80. The Balaban J connectivity index is 1.50. The summed E-state index contributed by atoms with van der Waals surface area (Å²) in [5.74, 6) is -4.38. The molecule has 8 rings (SSSR count). The Bertz CT molecular complexity index is 2530. The average Bonchev–Trinajstić information content (AvgIpc) is 3.50. The van der Waals surface area contributed by atoms with E-state index < -0.39 is 34.5 Å². The average molecular weight is 620 g/mol. The minimum absolute atomic E-state index is 0.136. The van der Waals surface area contributed by atoms with Crippen molar-refractivity contribution in [2.24, 2.45) is 0 Å². The number of aromatic hydroxyl groups is 7. The van der Waals surface area contributed by atoms with Crippen LogP contribution in [0.1, 0.15) is 0 Å². The standard InChI is InChI=1S/C38H25BO8/c39-30-27(28-29-31(41)33(43)34(44)36(46)38(29)47-37(28)35(45)32(30)42)26-23-7-3-1-5-21(23)25(22-6-2-4-8-24(22)26)19-11-9-17(10-12-19)18-13-15-20(40)16-14-18/h1-16,40-46H,39H2. The van der Waals surface area contributed by atoms with Gasteiger partial charge in [-0.25, -0.2) is 0 Å². The summed E-state index contributed by atoms with van der Waals surface area (Å²) in [6.07, 6.45) is 0. The van der Waals surface area contributed by atoms with Crippen LogP contribution < -0.4 is 5.46 Å². The summed E-state index contributed by atoms with van der Waals surface area (Å²) in [5, 5.41) is 77.8. The highest BCUT2D eigenvalue weighted by molar-refractivity contribution is 6.44. The highest BCUT2D eigenvalue weighted by atomic mass is 16.4. The molecule has 0 bridgehead atoms. The van der Waals surface area contributed by atoms with Crippen LogP contribution in [0.15, 0.2) is 101 Å². The first-order valence-corrected chi connectivity index (χ1v) is 14.8. The highest BCUT2D eigenvalue weighted by Gasteiger charge is 2.31. The molecule has 1 aromatic heterocycles. The molecule has 9 heteroatoms. The minimum atomic E-state index is -0.979. The Morgan fingerprint density at radius 2 is 0.809 bits per heavy atom. The van der Waals surface area contributed by atoms with Crippen LogP contribution in [0.4, 0.5) is 0 Å². The van der Waals surface area contributed by atoms with E-state index in [4.69, 9.17) is 4.42 Å². The molecule has 7 N–H and O–H groups in total. The summed E-state index contributed by atoms with van der Waals surface area (Å²) in [6, 6.07) is 30.7. The molecule has 0 spiro atoms. The lowest BCUT2D eigenvalue weighted by Crippen LogP contribution is -2.09. The van der Waals surface area contributed by atoms with Crippen molar-refractivity contribution in [3.8, 4) is 73.6 Å². The van der Waals surface area contributed by atoms with Gasteiger partial charge in [0, 0.05) is 5.39 Å². The molecule has 7 aromatic carbocycles. The second-order valence-corrected chi connectivity index (χ2v) is 11.6. The number of furan rings is 1. The minimum Gasteiger partial charge on any atom is -0.508 e. The number of phenols is 7. The Hall–Kier alpha value is -6.48. The third-order valence-corrected chi connectivity index (χ3v) is 9.01. The molecule has 0 saturated carbocycles. The predicted octanol–water partition coefficient (Wildman–Crippen LogP) is 7.09. The van der Waals surface area contributed by atoms with Gasteiger partial charge in [-0.1, -0.05) is 84.9 Å². The van der Waals surface area contributed by atoms with Crippen LogP contribution in [0.2, 0.25) is 0 Å². The molecule has 0 aliphatic heterocycles. The maximum atomic E-state index is 11.2. The SMILES string of the molecule is Bc1c(O)c(O)c2oc3c(O)c(O)c(O)c(O)c3c2c1-c1c2ccccc2c(-c2ccc(-c3ccc(O)cc3)cc2)c2ccccc12. The van der Waals surface area contributed by atoms with Crippen molar-refractivity contribution in [2.75, 3.05) is 0 Å². The van der Waals surface area contributed by atoms with Crippen LogP contribution in [0.3, 0.4) is 0 Å². The third kappa shape index (κ3) is 3.90.